The predicted octanol–water partition coefficient (Wildman–Crippen LogP) is 4.36. The minimum Gasteiger partial charge on any atom is -0.493 e. The smallest absolute Gasteiger partial charge is 0.162 e. The fourth-order valence-corrected chi connectivity index (χ4v) is 4.23. The van der Waals surface area contributed by atoms with Crippen molar-refractivity contribution in [3.05, 3.63) is 78.6 Å². The van der Waals surface area contributed by atoms with Crippen LogP contribution in [-0.2, 0) is 16.4 Å². The van der Waals surface area contributed by atoms with Crippen LogP contribution in [0.15, 0.2) is 73.1 Å². The number of ether oxygens (including phenoxy) is 3. The summed E-state index contributed by atoms with van der Waals surface area (Å²) in [6, 6.07) is 21.4. The Morgan fingerprint density at radius 2 is 1.68 bits per heavy atom. The van der Waals surface area contributed by atoms with Gasteiger partial charge in [-0.15, -0.1) is 0 Å². The summed E-state index contributed by atoms with van der Waals surface area (Å²) in [4.78, 5) is 8.82. The number of sulfone groups is 1. The van der Waals surface area contributed by atoms with E-state index in [1.807, 2.05) is 66.7 Å². The number of fused-ring (bicyclic) bond motifs is 1. The first-order valence-electron chi connectivity index (χ1n) is 12.3. The number of methoxy groups -OCH3 is 1. The van der Waals surface area contributed by atoms with Gasteiger partial charge in [0.2, 0.25) is 0 Å². The van der Waals surface area contributed by atoms with Gasteiger partial charge in [0.05, 0.1) is 25.0 Å². The molecule has 38 heavy (non-hydrogen) atoms. The maximum absolute atomic E-state index is 11.2. The van der Waals surface area contributed by atoms with E-state index in [1.165, 1.54) is 12.6 Å². The lowest BCUT2D eigenvalue weighted by atomic mass is 10.2. The number of nitrogens with zero attached hydrogens (tertiary/aromatic N) is 2. The van der Waals surface area contributed by atoms with Gasteiger partial charge in [-0.25, -0.2) is 18.4 Å². The minimum absolute atomic E-state index is 0.117. The first-order valence-corrected chi connectivity index (χ1v) is 14.3. The third-order valence-electron chi connectivity index (χ3n) is 5.69. The highest BCUT2D eigenvalue weighted by molar-refractivity contribution is 7.90. The molecule has 0 saturated heterocycles. The third-order valence-corrected chi connectivity index (χ3v) is 6.64. The Labute approximate surface area is 223 Å². The van der Waals surface area contributed by atoms with Gasteiger partial charge in [-0.1, -0.05) is 30.3 Å². The van der Waals surface area contributed by atoms with Gasteiger partial charge >= 0.3 is 0 Å². The van der Waals surface area contributed by atoms with Crippen molar-refractivity contribution in [1.82, 2.24) is 15.3 Å². The molecule has 0 spiro atoms. The van der Waals surface area contributed by atoms with Crippen LogP contribution < -0.4 is 24.8 Å². The molecule has 200 valence electrons. The molecule has 0 aliphatic carbocycles. The molecule has 0 bridgehead atoms. The molecule has 4 rings (SSSR count). The number of hydrogen-bond acceptors (Lipinski definition) is 9. The van der Waals surface area contributed by atoms with E-state index in [4.69, 9.17) is 14.2 Å². The van der Waals surface area contributed by atoms with Crippen LogP contribution in [0.25, 0.3) is 10.9 Å². The largest absolute Gasteiger partial charge is 0.493 e. The molecule has 0 saturated carbocycles. The molecular formula is C28H32N4O5S. The molecule has 0 fully saturated rings. The van der Waals surface area contributed by atoms with Crippen LogP contribution in [0.2, 0.25) is 0 Å². The van der Waals surface area contributed by atoms with E-state index in [0.717, 1.165) is 27.9 Å². The zero-order valence-corrected chi connectivity index (χ0v) is 22.3. The summed E-state index contributed by atoms with van der Waals surface area (Å²) in [6.07, 6.45) is 3.44. The van der Waals surface area contributed by atoms with Gasteiger partial charge in [0.1, 0.15) is 34.3 Å². The van der Waals surface area contributed by atoms with E-state index in [0.29, 0.717) is 50.0 Å². The average molecular weight is 537 g/mol. The molecule has 0 radical (unpaired) electrons. The van der Waals surface area contributed by atoms with Crippen LogP contribution in [0.4, 0.5) is 11.5 Å². The van der Waals surface area contributed by atoms with Crippen LogP contribution in [0.1, 0.15) is 12.0 Å². The lowest BCUT2D eigenvalue weighted by Crippen LogP contribution is -2.24. The Morgan fingerprint density at radius 1 is 0.895 bits per heavy atom. The Hall–Kier alpha value is -3.89. The molecule has 1 heterocycles. The molecule has 0 atom stereocenters. The Kier molecular flexibility index (Phi) is 9.34. The maximum Gasteiger partial charge on any atom is 0.162 e. The quantitative estimate of drug-likeness (QED) is 0.227. The highest BCUT2D eigenvalue weighted by Gasteiger charge is 2.12. The second-order valence-corrected chi connectivity index (χ2v) is 11.0. The number of benzene rings is 3. The van der Waals surface area contributed by atoms with Gasteiger partial charge in [-0.3, -0.25) is 0 Å². The van der Waals surface area contributed by atoms with Gasteiger partial charge in [0.15, 0.2) is 11.5 Å². The lowest BCUT2D eigenvalue weighted by Gasteiger charge is -2.14. The molecule has 0 unspecified atom stereocenters. The lowest BCUT2D eigenvalue weighted by molar-refractivity contribution is 0.288. The summed E-state index contributed by atoms with van der Waals surface area (Å²) < 4.78 is 39.8. The van der Waals surface area contributed by atoms with Crippen molar-refractivity contribution >= 4 is 32.2 Å². The van der Waals surface area contributed by atoms with Crippen molar-refractivity contribution in [1.29, 1.82) is 0 Å². The summed E-state index contributed by atoms with van der Waals surface area (Å²) in [7, 11) is -1.38. The zero-order chi connectivity index (χ0) is 26.8. The zero-order valence-electron chi connectivity index (χ0n) is 21.5. The SMILES string of the molecule is COc1cc2ncnc(Nc3ccc(OCc4ccccc4)cc3)c2cc1OCCCNCCS(C)(=O)=O. The Morgan fingerprint density at radius 3 is 2.42 bits per heavy atom. The fourth-order valence-electron chi connectivity index (χ4n) is 3.71. The Bertz CT molecular complexity index is 1430. The van der Waals surface area contributed by atoms with E-state index in [2.05, 4.69) is 20.6 Å². The number of nitrogens with one attached hydrogen (secondary N) is 2. The molecule has 4 aromatic rings. The van der Waals surface area contributed by atoms with E-state index >= 15 is 0 Å². The molecule has 0 aliphatic heterocycles. The monoisotopic (exact) mass is 536 g/mol. The van der Waals surface area contributed by atoms with Crippen molar-refractivity contribution in [2.75, 3.05) is 44.1 Å². The van der Waals surface area contributed by atoms with Crippen molar-refractivity contribution in [3.8, 4) is 17.2 Å². The molecule has 3 aromatic carbocycles. The van der Waals surface area contributed by atoms with Crippen LogP contribution in [0.3, 0.4) is 0 Å². The molecule has 0 aliphatic rings. The molecule has 0 amide bonds. The van der Waals surface area contributed by atoms with Crippen molar-refractivity contribution in [2.24, 2.45) is 0 Å². The molecule has 10 heteroatoms. The third kappa shape index (κ3) is 8.06. The average Bonchev–Trinajstić information content (AvgIpc) is 2.92. The van der Waals surface area contributed by atoms with Crippen molar-refractivity contribution < 1.29 is 22.6 Å². The van der Waals surface area contributed by atoms with Crippen molar-refractivity contribution in [3.63, 3.8) is 0 Å². The molecule has 9 nitrogen and oxygen atoms in total. The predicted molar refractivity (Wildman–Crippen MR) is 149 cm³/mol. The van der Waals surface area contributed by atoms with Crippen LogP contribution in [0, 0.1) is 0 Å². The fraction of sp³-hybridized carbons (Fsp3) is 0.286. The van der Waals surface area contributed by atoms with Crippen LogP contribution in [0.5, 0.6) is 17.2 Å². The Balaban J connectivity index is 1.39. The van der Waals surface area contributed by atoms with Gasteiger partial charge in [-0.2, -0.15) is 0 Å². The molecular weight excluding hydrogens is 504 g/mol. The van der Waals surface area contributed by atoms with Crippen LogP contribution in [-0.4, -0.2) is 57.2 Å². The second kappa shape index (κ2) is 13.1. The normalized spacial score (nSPS) is 11.3. The molecule has 1 aromatic heterocycles. The minimum atomic E-state index is -2.97. The summed E-state index contributed by atoms with van der Waals surface area (Å²) in [5, 5.41) is 7.26. The number of hydrogen-bond donors (Lipinski definition) is 2. The summed E-state index contributed by atoms with van der Waals surface area (Å²) in [5.41, 5.74) is 2.69. The second-order valence-electron chi connectivity index (χ2n) is 8.75. The standard InChI is InChI=1S/C28H32N4O5S/c1-35-26-18-25-24(17-27(26)36-15-6-13-29-14-16-38(2,33)34)28(31-20-30-25)32-22-9-11-23(12-10-22)37-19-21-7-4-3-5-8-21/h3-5,7-12,17-18,20,29H,6,13-16,19H2,1-2H3,(H,30,31,32). The topological polar surface area (TPSA) is 112 Å². The van der Waals surface area contributed by atoms with E-state index in [1.54, 1.807) is 7.11 Å². The highest BCUT2D eigenvalue weighted by Crippen LogP contribution is 2.35. The summed E-state index contributed by atoms with van der Waals surface area (Å²) >= 11 is 0. The van der Waals surface area contributed by atoms with Crippen LogP contribution >= 0.6 is 0 Å². The van der Waals surface area contributed by atoms with Gasteiger partial charge in [0.25, 0.3) is 0 Å². The number of anilines is 2. The summed E-state index contributed by atoms with van der Waals surface area (Å²) in [6.45, 7) is 2.01. The number of rotatable bonds is 14. The van der Waals surface area contributed by atoms with Gasteiger partial charge in [-0.05, 0) is 48.9 Å². The van der Waals surface area contributed by atoms with E-state index in [9.17, 15) is 8.42 Å². The van der Waals surface area contributed by atoms with E-state index in [-0.39, 0.29) is 5.75 Å². The first kappa shape index (κ1) is 27.2. The van der Waals surface area contributed by atoms with Crippen molar-refractivity contribution in [2.45, 2.75) is 13.0 Å². The molecule has 2 N–H and O–H groups in total. The number of aromatic nitrogens is 2. The van der Waals surface area contributed by atoms with Gasteiger partial charge in [0, 0.05) is 29.9 Å². The van der Waals surface area contributed by atoms with Gasteiger partial charge < -0.3 is 24.8 Å². The van der Waals surface area contributed by atoms with E-state index < -0.39 is 9.84 Å². The first-order chi connectivity index (χ1) is 18.4. The summed E-state index contributed by atoms with van der Waals surface area (Å²) in [5.74, 6) is 2.69. The highest BCUT2D eigenvalue weighted by atomic mass is 32.2. The maximum atomic E-state index is 11.2.